The molecular weight excluding hydrogens is 629 g/mol. The van der Waals surface area contributed by atoms with Crippen LogP contribution in [0.1, 0.15) is 0 Å². The van der Waals surface area contributed by atoms with Gasteiger partial charge in [0.2, 0.25) is 0 Å². The van der Waals surface area contributed by atoms with Gasteiger partial charge in [0, 0.05) is 41.0 Å². The van der Waals surface area contributed by atoms with Crippen LogP contribution in [0, 0.1) is 34.0 Å². The first kappa shape index (κ1) is 31.8. The minimum atomic E-state index is -2.96. The Morgan fingerprint density at radius 2 is 0.700 bits per heavy atom. The summed E-state index contributed by atoms with van der Waals surface area (Å²) >= 11 is 0. The molecule has 0 spiro atoms. The molecule has 6 aromatic carbocycles. The summed E-state index contributed by atoms with van der Waals surface area (Å²) in [5.41, 5.74) is 6.20. The Morgan fingerprint density at radius 1 is 0.360 bits per heavy atom. The average molecular weight is 660 g/mol. The maximum Gasteiger partial charge on any atom is 0.100 e. The second kappa shape index (κ2) is 14.1. The molecule has 0 unspecified atom stereocenters. The Balaban J connectivity index is 1.41. The van der Waals surface area contributed by atoms with E-state index in [2.05, 4.69) is 76.5 Å². The fourth-order valence-electron chi connectivity index (χ4n) is 6.50. The van der Waals surface area contributed by atoms with Crippen molar-refractivity contribution in [3.63, 3.8) is 0 Å². The van der Waals surface area contributed by atoms with Crippen LogP contribution < -0.4 is 20.4 Å². The molecule has 0 atom stereocenters. The molecule has 0 N–H and O–H groups in total. The molecule has 0 radical (unpaired) electrons. The van der Waals surface area contributed by atoms with Crippen LogP contribution >= 0.6 is 6.89 Å². The van der Waals surface area contributed by atoms with Gasteiger partial charge >= 0.3 is 0 Å². The van der Waals surface area contributed by atoms with Crippen LogP contribution in [-0.2, 0) is 0 Å². The van der Waals surface area contributed by atoms with E-state index in [-0.39, 0.29) is 0 Å². The zero-order valence-corrected chi connectivity index (χ0v) is 27.9. The van der Waals surface area contributed by atoms with Crippen molar-refractivity contribution in [2.45, 2.75) is 0 Å². The van der Waals surface area contributed by atoms with E-state index in [9.17, 15) is 15.8 Å². The molecule has 7 rings (SSSR count). The number of hydrogen-bond acceptors (Lipinski definition) is 5. The summed E-state index contributed by atoms with van der Waals surface area (Å²) in [5, 5.41) is 33.8. The number of para-hydroxylation sites is 4. The summed E-state index contributed by atoms with van der Waals surface area (Å²) in [6.45, 7) is -2.96. The van der Waals surface area contributed by atoms with Gasteiger partial charge in [0.05, 0.1) is 22.3 Å². The molecule has 236 valence electrons. The van der Waals surface area contributed by atoms with E-state index in [0.717, 1.165) is 44.7 Å². The standard InChI is InChI=1S/C44H30N5P/c45-31-34-29-43(32-46)50(44(30-34)33-47,41-25-21-39(22-26-41)48(35-13-5-1-6-14-35)36-15-7-2-8-16-36)42-27-23-40(24-28-42)49(37-17-9-3-10-18-37)38-19-11-4-12-20-38/h1-30H. The number of hydrogen-bond donors (Lipinski definition) is 0. The van der Waals surface area contributed by atoms with Gasteiger partial charge in [-0.3, -0.25) is 0 Å². The van der Waals surface area contributed by atoms with Crippen LogP contribution in [-0.4, -0.2) is 5.29 Å². The largest absolute Gasteiger partial charge is 0.311 e. The van der Waals surface area contributed by atoms with Gasteiger partial charge < -0.3 is 9.80 Å². The van der Waals surface area contributed by atoms with Crippen molar-refractivity contribution in [3.8, 4) is 18.2 Å². The third-order valence-electron chi connectivity index (χ3n) is 8.71. The van der Waals surface area contributed by atoms with Crippen molar-refractivity contribution >= 4 is 56.9 Å². The highest BCUT2D eigenvalue weighted by molar-refractivity contribution is 7.93. The third-order valence-corrected chi connectivity index (χ3v) is 12.8. The van der Waals surface area contributed by atoms with E-state index in [0.29, 0.717) is 16.2 Å². The fraction of sp³-hybridized carbons (Fsp3) is 0. The molecule has 1 aliphatic rings. The van der Waals surface area contributed by atoms with Gasteiger partial charge in [-0.2, -0.15) is 15.8 Å². The van der Waals surface area contributed by atoms with Gasteiger partial charge in [-0.15, -0.1) is 0 Å². The SMILES string of the molecule is N#CC1=CC(C#N)=P(c2ccc(N(c3ccccc3)c3ccccc3)cc2)(c2ccc(N(c3ccccc3)c3ccccc3)cc2)C(C#N)=C1. The predicted molar refractivity (Wildman–Crippen MR) is 206 cm³/mol. The zero-order chi connectivity index (χ0) is 34.3. The van der Waals surface area contributed by atoms with E-state index < -0.39 is 6.89 Å². The van der Waals surface area contributed by atoms with E-state index >= 15 is 0 Å². The highest BCUT2D eigenvalue weighted by Gasteiger charge is 2.35. The van der Waals surface area contributed by atoms with E-state index in [1.54, 1.807) is 12.2 Å². The summed E-state index contributed by atoms with van der Waals surface area (Å²) in [5.74, 6) is 0. The third kappa shape index (κ3) is 5.78. The molecule has 0 amide bonds. The summed E-state index contributed by atoms with van der Waals surface area (Å²) in [6.07, 6.45) is 3.30. The molecule has 1 aliphatic heterocycles. The van der Waals surface area contributed by atoms with E-state index in [1.165, 1.54) is 0 Å². The smallest absolute Gasteiger partial charge is 0.100 e. The Hall–Kier alpha value is -6.83. The minimum Gasteiger partial charge on any atom is -0.311 e. The highest BCUT2D eigenvalue weighted by Crippen LogP contribution is 2.57. The van der Waals surface area contributed by atoms with E-state index in [4.69, 9.17) is 0 Å². The van der Waals surface area contributed by atoms with Gasteiger partial charge in [-0.25, -0.2) is 0 Å². The molecule has 0 bridgehead atoms. The number of allylic oxidation sites excluding steroid dienone is 4. The molecule has 0 saturated heterocycles. The van der Waals surface area contributed by atoms with Crippen LogP contribution in [0.2, 0.25) is 0 Å². The Kier molecular flexibility index (Phi) is 8.96. The predicted octanol–water partition coefficient (Wildman–Crippen LogP) is 10.2. The topological polar surface area (TPSA) is 77.8 Å². The van der Waals surface area contributed by atoms with Gasteiger partial charge in [0.15, 0.2) is 0 Å². The first-order chi connectivity index (χ1) is 24.7. The Morgan fingerprint density at radius 3 is 1.00 bits per heavy atom. The van der Waals surface area contributed by atoms with Crippen LogP contribution in [0.5, 0.6) is 0 Å². The molecule has 6 aromatic rings. The van der Waals surface area contributed by atoms with E-state index in [1.807, 2.05) is 121 Å². The molecule has 0 fully saturated rings. The number of anilines is 6. The average Bonchev–Trinajstić information content (AvgIpc) is 3.20. The maximum absolute atomic E-state index is 10.7. The lowest BCUT2D eigenvalue weighted by Crippen LogP contribution is -2.25. The van der Waals surface area contributed by atoms with Crippen LogP contribution in [0.3, 0.4) is 0 Å². The molecule has 1 heterocycles. The van der Waals surface area contributed by atoms with Gasteiger partial charge in [-0.05, 0) is 95.6 Å². The summed E-state index contributed by atoms with van der Waals surface area (Å²) < 4.78 is 0. The number of nitriles is 3. The minimum absolute atomic E-state index is 0.292. The second-order valence-electron chi connectivity index (χ2n) is 11.6. The highest BCUT2D eigenvalue weighted by atomic mass is 31.2. The quantitative estimate of drug-likeness (QED) is 0.152. The molecule has 0 aromatic heterocycles. The zero-order valence-electron chi connectivity index (χ0n) is 27.0. The van der Waals surface area contributed by atoms with Crippen molar-refractivity contribution in [3.05, 3.63) is 193 Å². The number of nitrogens with zero attached hydrogens (tertiary/aromatic N) is 5. The first-order valence-corrected chi connectivity index (χ1v) is 17.9. The maximum atomic E-state index is 10.7. The van der Waals surface area contributed by atoms with Crippen molar-refractivity contribution in [2.24, 2.45) is 0 Å². The lowest BCUT2D eigenvalue weighted by atomic mass is 10.2. The molecule has 50 heavy (non-hydrogen) atoms. The fourth-order valence-corrected chi connectivity index (χ4v) is 10.3. The summed E-state index contributed by atoms with van der Waals surface area (Å²) in [6, 6.07) is 64.0. The Labute approximate surface area is 292 Å². The molecule has 0 saturated carbocycles. The molecule has 0 aliphatic carbocycles. The summed E-state index contributed by atoms with van der Waals surface area (Å²) in [4.78, 5) is 4.35. The van der Waals surface area contributed by atoms with Crippen LogP contribution in [0.25, 0.3) is 0 Å². The van der Waals surface area contributed by atoms with Crippen molar-refractivity contribution in [2.75, 3.05) is 9.80 Å². The van der Waals surface area contributed by atoms with Gasteiger partial charge in [-0.1, -0.05) is 97.1 Å². The second-order valence-corrected chi connectivity index (χ2v) is 14.9. The molecule has 5 nitrogen and oxygen atoms in total. The Bertz CT molecular complexity index is 2170. The van der Waals surface area contributed by atoms with Gasteiger partial charge in [0.1, 0.15) is 12.1 Å². The lowest BCUT2D eigenvalue weighted by Gasteiger charge is -2.32. The van der Waals surface area contributed by atoms with Crippen molar-refractivity contribution in [1.29, 1.82) is 15.8 Å². The van der Waals surface area contributed by atoms with Crippen LogP contribution in [0.15, 0.2) is 193 Å². The number of rotatable bonds is 8. The molecule has 6 heteroatoms. The van der Waals surface area contributed by atoms with Crippen LogP contribution in [0.4, 0.5) is 34.1 Å². The first-order valence-electron chi connectivity index (χ1n) is 16.1. The lowest BCUT2D eigenvalue weighted by molar-refractivity contribution is 1.28. The van der Waals surface area contributed by atoms with Crippen molar-refractivity contribution < 1.29 is 0 Å². The monoisotopic (exact) mass is 659 g/mol. The van der Waals surface area contributed by atoms with Crippen molar-refractivity contribution in [1.82, 2.24) is 0 Å². The normalized spacial score (nSPS) is 13.1. The number of benzene rings is 6. The summed E-state index contributed by atoms with van der Waals surface area (Å²) in [7, 11) is 0. The van der Waals surface area contributed by atoms with Gasteiger partial charge in [0.25, 0.3) is 0 Å². The molecular formula is C44H30N5P.